The van der Waals surface area contributed by atoms with Crippen molar-refractivity contribution >= 4 is 39.9 Å². The van der Waals surface area contributed by atoms with E-state index in [9.17, 15) is 24.5 Å². The second-order valence-electron chi connectivity index (χ2n) is 8.32. The number of carbonyl (C=O) groups excluding carboxylic acids is 3. The molecule has 0 radical (unpaired) electrons. The van der Waals surface area contributed by atoms with Crippen LogP contribution >= 0.6 is 11.3 Å². The van der Waals surface area contributed by atoms with Crippen molar-refractivity contribution in [1.29, 1.82) is 0 Å². The van der Waals surface area contributed by atoms with Crippen molar-refractivity contribution in [3.8, 4) is 0 Å². The number of aromatic nitrogens is 1. The molecule has 4 rings (SSSR count). The minimum Gasteiger partial charge on any atom is -0.302 e. The third kappa shape index (κ3) is 4.93. The Hall–Kier alpha value is -3.18. The molecule has 33 heavy (non-hydrogen) atoms. The van der Waals surface area contributed by atoms with E-state index in [1.807, 2.05) is 0 Å². The summed E-state index contributed by atoms with van der Waals surface area (Å²) in [6.07, 6.45) is 5.78. The number of nitro groups is 1. The van der Waals surface area contributed by atoms with Gasteiger partial charge in [-0.2, -0.15) is 0 Å². The predicted molar refractivity (Wildman–Crippen MR) is 122 cm³/mol. The van der Waals surface area contributed by atoms with Gasteiger partial charge in [0.15, 0.2) is 5.13 Å². The average molecular weight is 472 g/mol. The molecule has 1 N–H and O–H groups in total. The Balaban J connectivity index is 1.28. The van der Waals surface area contributed by atoms with Gasteiger partial charge in [0, 0.05) is 42.7 Å². The molecule has 1 fully saturated rings. The number of nitro benzene ring substituents is 1. The average Bonchev–Trinajstić information content (AvgIpc) is 3.32. The molecule has 1 atom stereocenters. The Morgan fingerprint density at radius 3 is 2.88 bits per heavy atom. The number of carbonyl (C=O) groups is 3. The zero-order chi connectivity index (χ0) is 23.5. The van der Waals surface area contributed by atoms with Crippen LogP contribution in [0.25, 0.3) is 0 Å². The van der Waals surface area contributed by atoms with Crippen LogP contribution in [0.5, 0.6) is 0 Å². The van der Waals surface area contributed by atoms with Gasteiger partial charge in [0.25, 0.3) is 17.5 Å². The van der Waals surface area contributed by atoms with Crippen molar-refractivity contribution in [2.75, 3.05) is 18.4 Å². The number of nitrogens with one attached hydrogen (secondary N) is 1. The van der Waals surface area contributed by atoms with E-state index >= 15 is 0 Å². The number of fused-ring (bicyclic) bond motifs is 1. The summed E-state index contributed by atoms with van der Waals surface area (Å²) in [5.74, 6) is -1.53. The van der Waals surface area contributed by atoms with Crippen LogP contribution in [-0.4, -0.2) is 56.6 Å². The normalized spacial score (nSPS) is 18.5. The van der Waals surface area contributed by atoms with Crippen molar-refractivity contribution in [1.82, 2.24) is 14.8 Å². The maximum Gasteiger partial charge on any atom is 0.282 e. The topological polar surface area (TPSA) is 126 Å². The number of hydrogen-bond donors (Lipinski definition) is 1. The van der Waals surface area contributed by atoms with Crippen molar-refractivity contribution in [3.63, 3.8) is 0 Å². The minimum absolute atomic E-state index is 0.00683. The standard InChI is InChI=1S/C22H25N5O5S/c1-14-6-2-3-10-25(14)13-15-12-23-22(33-15)24-18(28)9-5-11-26-20(29)16-7-4-8-17(27(31)32)19(16)21(26)30/h4,7-8,12,14H,2-3,5-6,9-11,13H2,1H3,(H,23,24,28). The monoisotopic (exact) mass is 471 g/mol. The Morgan fingerprint density at radius 1 is 1.30 bits per heavy atom. The van der Waals surface area contributed by atoms with Gasteiger partial charge in [-0.05, 0) is 38.8 Å². The number of benzene rings is 1. The molecule has 2 aliphatic rings. The van der Waals surface area contributed by atoms with Crippen LogP contribution in [0.2, 0.25) is 0 Å². The first-order chi connectivity index (χ1) is 15.8. The van der Waals surface area contributed by atoms with Crippen LogP contribution in [0.15, 0.2) is 24.4 Å². The van der Waals surface area contributed by atoms with E-state index in [0.717, 1.165) is 22.9 Å². The Bertz CT molecular complexity index is 1100. The van der Waals surface area contributed by atoms with E-state index in [4.69, 9.17) is 0 Å². The number of nitrogens with zero attached hydrogens (tertiary/aromatic N) is 4. The van der Waals surface area contributed by atoms with Crippen molar-refractivity contribution in [2.24, 2.45) is 0 Å². The molecule has 3 amide bonds. The van der Waals surface area contributed by atoms with E-state index < -0.39 is 16.7 Å². The van der Waals surface area contributed by atoms with E-state index in [-0.39, 0.29) is 42.1 Å². The molecule has 1 aromatic heterocycles. The summed E-state index contributed by atoms with van der Waals surface area (Å²) in [5, 5.41) is 14.5. The van der Waals surface area contributed by atoms with Gasteiger partial charge in [0.05, 0.1) is 10.5 Å². The highest BCUT2D eigenvalue weighted by Gasteiger charge is 2.40. The van der Waals surface area contributed by atoms with Crippen LogP contribution in [0, 0.1) is 10.1 Å². The summed E-state index contributed by atoms with van der Waals surface area (Å²) < 4.78 is 0. The van der Waals surface area contributed by atoms with E-state index in [2.05, 4.69) is 22.1 Å². The van der Waals surface area contributed by atoms with Crippen molar-refractivity contribution in [2.45, 2.75) is 51.6 Å². The first-order valence-corrected chi connectivity index (χ1v) is 11.8. The SMILES string of the molecule is CC1CCCCN1Cc1cnc(NC(=O)CCCN2C(=O)c3cccc([N+](=O)[O-])c3C2=O)s1. The second-order valence-corrected chi connectivity index (χ2v) is 9.43. The molecule has 2 aliphatic heterocycles. The molecule has 174 valence electrons. The number of amides is 3. The fraction of sp³-hybridized carbons (Fsp3) is 0.455. The minimum atomic E-state index is -0.695. The number of hydrogen-bond acceptors (Lipinski definition) is 8. The number of anilines is 1. The lowest BCUT2D eigenvalue weighted by Crippen LogP contribution is -2.36. The fourth-order valence-corrected chi connectivity index (χ4v) is 5.14. The molecule has 0 spiro atoms. The summed E-state index contributed by atoms with van der Waals surface area (Å²) in [6.45, 7) is 4.13. The lowest BCUT2D eigenvalue weighted by molar-refractivity contribution is -0.385. The third-order valence-corrected chi connectivity index (χ3v) is 6.96. The number of imide groups is 1. The maximum atomic E-state index is 12.6. The first kappa shape index (κ1) is 23.0. The molecule has 0 aliphatic carbocycles. The first-order valence-electron chi connectivity index (χ1n) is 11.0. The highest BCUT2D eigenvalue weighted by molar-refractivity contribution is 7.15. The van der Waals surface area contributed by atoms with Gasteiger partial charge >= 0.3 is 0 Å². The van der Waals surface area contributed by atoms with Crippen molar-refractivity contribution in [3.05, 3.63) is 50.5 Å². The Morgan fingerprint density at radius 2 is 2.12 bits per heavy atom. The summed E-state index contributed by atoms with van der Waals surface area (Å²) in [6, 6.07) is 4.53. The van der Waals surface area contributed by atoms with E-state index in [1.165, 1.54) is 48.8 Å². The molecule has 0 bridgehead atoms. The zero-order valence-corrected chi connectivity index (χ0v) is 19.1. The maximum absolute atomic E-state index is 12.6. The van der Waals surface area contributed by atoms with Gasteiger partial charge in [-0.15, -0.1) is 11.3 Å². The lowest BCUT2D eigenvalue weighted by Gasteiger charge is -2.32. The Labute approximate surface area is 194 Å². The van der Waals surface area contributed by atoms with E-state index in [0.29, 0.717) is 11.2 Å². The fourth-order valence-electron chi connectivity index (χ4n) is 4.28. The Kier molecular flexibility index (Phi) is 6.80. The third-order valence-electron chi connectivity index (χ3n) is 6.06. The summed E-state index contributed by atoms with van der Waals surface area (Å²) in [5.41, 5.74) is -0.545. The van der Waals surface area contributed by atoms with Crippen LogP contribution in [-0.2, 0) is 11.3 Å². The van der Waals surface area contributed by atoms with Gasteiger partial charge in [-0.25, -0.2) is 4.98 Å². The number of likely N-dealkylation sites (tertiary alicyclic amines) is 1. The largest absolute Gasteiger partial charge is 0.302 e. The molecule has 10 nitrogen and oxygen atoms in total. The quantitative estimate of drug-likeness (QED) is 0.355. The molecule has 1 unspecified atom stereocenters. The molecule has 1 saturated heterocycles. The van der Waals surface area contributed by atoms with Crippen LogP contribution in [0.3, 0.4) is 0 Å². The molecule has 1 aromatic carbocycles. The molecule has 3 heterocycles. The van der Waals surface area contributed by atoms with Crippen LogP contribution in [0.1, 0.15) is 64.6 Å². The van der Waals surface area contributed by atoms with Crippen LogP contribution in [0.4, 0.5) is 10.8 Å². The van der Waals surface area contributed by atoms with E-state index in [1.54, 1.807) is 6.20 Å². The highest BCUT2D eigenvalue weighted by Crippen LogP contribution is 2.31. The molecular formula is C22H25N5O5S. The molecule has 11 heteroatoms. The van der Waals surface area contributed by atoms with Gasteiger partial charge in [0.1, 0.15) is 5.56 Å². The molecule has 0 saturated carbocycles. The van der Waals surface area contributed by atoms with Crippen LogP contribution < -0.4 is 5.32 Å². The summed E-state index contributed by atoms with van der Waals surface area (Å²) >= 11 is 1.45. The second kappa shape index (κ2) is 9.75. The number of rotatable bonds is 8. The zero-order valence-electron chi connectivity index (χ0n) is 18.3. The van der Waals surface area contributed by atoms with Gasteiger partial charge in [-0.3, -0.25) is 34.3 Å². The van der Waals surface area contributed by atoms with Crippen molar-refractivity contribution < 1.29 is 19.3 Å². The number of thiazole rings is 1. The molecule has 2 aromatic rings. The van der Waals surface area contributed by atoms with Gasteiger partial charge in [0.2, 0.25) is 5.91 Å². The smallest absolute Gasteiger partial charge is 0.282 e. The highest BCUT2D eigenvalue weighted by atomic mass is 32.1. The van der Waals surface area contributed by atoms with Gasteiger partial charge < -0.3 is 5.32 Å². The predicted octanol–water partition coefficient (Wildman–Crippen LogP) is 3.44. The lowest BCUT2D eigenvalue weighted by atomic mass is 10.0. The number of piperidine rings is 1. The molecular weight excluding hydrogens is 446 g/mol. The summed E-state index contributed by atoms with van der Waals surface area (Å²) in [7, 11) is 0. The summed E-state index contributed by atoms with van der Waals surface area (Å²) in [4.78, 5) is 56.7. The van der Waals surface area contributed by atoms with Gasteiger partial charge in [-0.1, -0.05) is 12.5 Å².